The highest BCUT2D eigenvalue weighted by molar-refractivity contribution is 5.48. The number of fused-ring (bicyclic) bond motifs is 1. The van der Waals surface area contributed by atoms with E-state index < -0.39 is 0 Å². The zero-order chi connectivity index (χ0) is 12.5. The maximum atomic E-state index is 11.3. The highest BCUT2D eigenvalue weighted by atomic mass is 16.1. The summed E-state index contributed by atoms with van der Waals surface area (Å²) >= 11 is 0. The van der Waals surface area contributed by atoms with Crippen molar-refractivity contribution in [2.45, 2.75) is 18.9 Å². The largest absolute Gasteiger partial charge is 0.367 e. The zero-order valence-electron chi connectivity index (χ0n) is 10.3. The van der Waals surface area contributed by atoms with E-state index in [1.165, 1.54) is 10.7 Å². The first-order valence-electron chi connectivity index (χ1n) is 6.10. The van der Waals surface area contributed by atoms with Crippen LogP contribution in [0.1, 0.15) is 12.8 Å². The molecular formula is C11H16N6O. The average Bonchev–Trinajstić information content (AvgIpc) is 2.74. The summed E-state index contributed by atoms with van der Waals surface area (Å²) in [6.45, 7) is 2.20. The molecular weight excluding hydrogens is 232 g/mol. The Labute approximate surface area is 104 Å². The van der Waals surface area contributed by atoms with Crippen molar-refractivity contribution in [1.82, 2.24) is 24.5 Å². The topological polar surface area (TPSA) is 78.3 Å². The van der Waals surface area contributed by atoms with Crippen molar-refractivity contribution in [2.24, 2.45) is 0 Å². The van der Waals surface area contributed by atoms with E-state index >= 15 is 0 Å². The van der Waals surface area contributed by atoms with Gasteiger partial charge in [-0.2, -0.15) is 5.10 Å². The fourth-order valence-corrected chi connectivity index (χ4v) is 2.25. The van der Waals surface area contributed by atoms with Crippen LogP contribution in [0.3, 0.4) is 0 Å². The molecule has 7 nitrogen and oxygen atoms in total. The molecule has 0 bridgehead atoms. The second-order valence-electron chi connectivity index (χ2n) is 4.75. The number of nitrogens with one attached hydrogen (secondary N) is 2. The normalized spacial score (nSPS) is 18.3. The number of anilines is 1. The van der Waals surface area contributed by atoms with E-state index in [-0.39, 0.29) is 5.69 Å². The maximum Gasteiger partial charge on any atom is 0.348 e. The van der Waals surface area contributed by atoms with Gasteiger partial charge in [0.05, 0.1) is 0 Å². The van der Waals surface area contributed by atoms with E-state index in [9.17, 15) is 4.79 Å². The molecule has 1 aliphatic heterocycles. The monoisotopic (exact) mass is 248 g/mol. The van der Waals surface area contributed by atoms with Gasteiger partial charge in [-0.15, -0.1) is 0 Å². The van der Waals surface area contributed by atoms with Gasteiger partial charge >= 0.3 is 5.69 Å². The SMILES string of the molecule is CN1CCC(Nc2cc3n[nH]c(=O)n3cn2)CC1. The summed E-state index contributed by atoms with van der Waals surface area (Å²) in [5.41, 5.74) is 0.328. The van der Waals surface area contributed by atoms with Gasteiger partial charge < -0.3 is 10.2 Å². The molecule has 0 radical (unpaired) electrons. The Morgan fingerprint density at radius 3 is 3.00 bits per heavy atom. The number of aromatic amines is 1. The molecule has 0 amide bonds. The minimum Gasteiger partial charge on any atom is -0.367 e. The third-order valence-corrected chi connectivity index (χ3v) is 3.38. The summed E-state index contributed by atoms with van der Waals surface area (Å²) in [5, 5.41) is 9.71. The van der Waals surface area contributed by atoms with Gasteiger partial charge in [0, 0.05) is 12.1 Å². The van der Waals surface area contributed by atoms with Gasteiger partial charge in [0.15, 0.2) is 5.65 Å². The Morgan fingerprint density at radius 2 is 2.22 bits per heavy atom. The lowest BCUT2D eigenvalue weighted by Gasteiger charge is -2.29. The molecule has 3 heterocycles. The van der Waals surface area contributed by atoms with Crippen molar-refractivity contribution in [2.75, 3.05) is 25.5 Å². The fourth-order valence-electron chi connectivity index (χ4n) is 2.25. The zero-order valence-corrected chi connectivity index (χ0v) is 10.3. The van der Waals surface area contributed by atoms with Crippen molar-refractivity contribution in [3.05, 3.63) is 22.9 Å². The number of hydrogen-bond acceptors (Lipinski definition) is 5. The minimum absolute atomic E-state index is 0.261. The van der Waals surface area contributed by atoms with E-state index in [2.05, 4.69) is 32.4 Å². The van der Waals surface area contributed by atoms with Crippen molar-refractivity contribution in [1.29, 1.82) is 0 Å². The fraction of sp³-hybridized carbons (Fsp3) is 0.545. The van der Waals surface area contributed by atoms with Crippen molar-refractivity contribution >= 4 is 11.5 Å². The number of hydrogen-bond donors (Lipinski definition) is 2. The Bertz CT molecular complexity index is 595. The predicted octanol–water partition coefficient (Wildman–Crippen LogP) is -0.0763. The molecule has 7 heteroatoms. The lowest BCUT2D eigenvalue weighted by molar-refractivity contribution is 0.263. The summed E-state index contributed by atoms with van der Waals surface area (Å²) in [6, 6.07) is 2.23. The number of piperidine rings is 1. The first-order valence-corrected chi connectivity index (χ1v) is 6.10. The minimum atomic E-state index is -0.261. The highest BCUT2D eigenvalue weighted by Crippen LogP contribution is 2.14. The second-order valence-corrected chi connectivity index (χ2v) is 4.75. The molecule has 0 saturated carbocycles. The maximum absolute atomic E-state index is 11.3. The molecule has 2 aromatic rings. The molecule has 0 aromatic carbocycles. The van der Waals surface area contributed by atoms with Gasteiger partial charge in [0.1, 0.15) is 12.1 Å². The van der Waals surface area contributed by atoms with Gasteiger partial charge in [0.2, 0.25) is 0 Å². The van der Waals surface area contributed by atoms with Crippen molar-refractivity contribution in [3.8, 4) is 0 Å². The van der Waals surface area contributed by atoms with E-state index in [0.717, 1.165) is 31.7 Å². The number of aromatic nitrogens is 4. The van der Waals surface area contributed by atoms with Crippen molar-refractivity contribution in [3.63, 3.8) is 0 Å². The first-order chi connectivity index (χ1) is 8.72. The van der Waals surface area contributed by atoms with E-state index in [0.29, 0.717) is 11.7 Å². The Hall–Kier alpha value is -1.89. The molecule has 2 aromatic heterocycles. The molecule has 18 heavy (non-hydrogen) atoms. The number of nitrogens with zero attached hydrogens (tertiary/aromatic N) is 4. The Balaban J connectivity index is 1.76. The molecule has 2 N–H and O–H groups in total. The molecule has 0 unspecified atom stereocenters. The third kappa shape index (κ3) is 2.08. The average molecular weight is 248 g/mol. The van der Waals surface area contributed by atoms with Gasteiger partial charge in [-0.05, 0) is 33.0 Å². The highest BCUT2D eigenvalue weighted by Gasteiger charge is 2.16. The summed E-state index contributed by atoms with van der Waals surface area (Å²) in [4.78, 5) is 17.8. The molecule has 1 fully saturated rings. The summed E-state index contributed by atoms with van der Waals surface area (Å²) in [6.07, 6.45) is 3.71. The van der Waals surface area contributed by atoms with Crippen LogP contribution in [-0.4, -0.2) is 50.7 Å². The van der Waals surface area contributed by atoms with Crippen LogP contribution in [0.4, 0.5) is 5.82 Å². The lowest BCUT2D eigenvalue weighted by Crippen LogP contribution is -2.36. The number of rotatable bonds is 2. The quantitative estimate of drug-likeness (QED) is 0.777. The smallest absolute Gasteiger partial charge is 0.348 e. The Kier molecular flexibility index (Phi) is 2.75. The van der Waals surface area contributed by atoms with Gasteiger partial charge in [-0.3, -0.25) is 0 Å². The molecule has 3 rings (SSSR count). The number of H-pyrrole nitrogens is 1. The van der Waals surface area contributed by atoms with E-state index in [4.69, 9.17) is 0 Å². The summed E-state index contributed by atoms with van der Waals surface area (Å²) < 4.78 is 1.39. The lowest BCUT2D eigenvalue weighted by atomic mass is 10.1. The van der Waals surface area contributed by atoms with Gasteiger partial charge in [-0.25, -0.2) is 19.3 Å². The first kappa shape index (κ1) is 11.2. The number of likely N-dealkylation sites (tertiary alicyclic amines) is 1. The van der Waals surface area contributed by atoms with Crippen LogP contribution in [0.5, 0.6) is 0 Å². The Morgan fingerprint density at radius 1 is 1.44 bits per heavy atom. The molecule has 0 aliphatic carbocycles. The van der Waals surface area contributed by atoms with Crippen LogP contribution in [0, 0.1) is 0 Å². The van der Waals surface area contributed by atoms with Crippen LogP contribution in [0.25, 0.3) is 5.65 Å². The van der Waals surface area contributed by atoms with Crippen LogP contribution in [-0.2, 0) is 0 Å². The molecule has 0 atom stereocenters. The third-order valence-electron chi connectivity index (χ3n) is 3.38. The van der Waals surface area contributed by atoms with Crippen LogP contribution >= 0.6 is 0 Å². The van der Waals surface area contributed by atoms with E-state index in [1.807, 2.05) is 0 Å². The van der Waals surface area contributed by atoms with Crippen molar-refractivity contribution < 1.29 is 0 Å². The standard InChI is InChI=1S/C11H16N6O/c1-16-4-2-8(3-5-16)13-9-6-10-14-15-11(18)17(10)7-12-9/h6-8,13H,2-5H2,1H3,(H,15,18). The summed E-state index contributed by atoms with van der Waals surface area (Å²) in [7, 11) is 2.14. The van der Waals surface area contributed by atoms with Crippen LogP contribution in [0.15, 0.2) is 17.2 Å². The summed E-state index contributed by atoms with van der Waals surface area (Å²) in [5.74, 6) is 0.774. The molecule has 0 spiro atoms. The molecule has 1 saturated heterocycles. The molecule has 96 valence electrons. The van der Waals surface area contributed by atoms with Gasteiger partial charge in [0.25, 0.3) is 0 Å². The molecule has 1 aliphatic rings. The van der Waals surface area contributed by atoms with E-state index in [1.54, 1.807) is 6.07 Å². The van der Waals surface area contributed by atoms with Crippen LogP contribution in [0.2, 0.25) is 0 Å². The predicted molar refractivity (Wildman–Crippen MR) is 67.7 cm³/mol. The van der Waals surface area contributed by atoms with Gasteiger partial charge in [-0.1, -0.05) is 0 Å². The second kappa shape index (κ2) is 4.41. The van der Waals surface area contributed by atoms with Crippen LogP contribution < -0.4 is 11.0 Å².